The van der Waals surface area contributed by atoms with Gasteiger partial charge in [0.15, 0.2) is 0 Å². The highest BCUT2D eigenvalue weighted by atomic mass is 16.5. The summed E-state index contributed by atoms with van der Waals surface area (Å²) < 4.78 is 5.13. The van der Waals surface area contributed by atoms with Crippen LogP contribution in [-0.4, -0.2) is 48.6 Å². The normalized spacial score (nSPS) is 31.7. The van der Waals surface area contributed by atoms with Crippen LogP contribution in [0.3, 0.4) is 0 Å². The molecule has 0 spiro atoms. The highest BCUT2D eigenvalue weighted by Crippen LogP contribution is 2.29. The molecule has 0 aromatic heterocycles. The van der Waals surface area contributed by atoms with E-state index in [0.29, 0.717) is 37.6 Å². The van der Waals surface area contributed by atoms with Crippen LogP contribution in [0.2, 0.25) is 0 Å². The number of piperidine rings is 1. The quantitative estimate of drug-likeness (QED) is 0.789. The largest absolute Gasteiger partial charge is 0.464 e. The van der Waals surface area contributed by atoms with E-state index in [1.807, 2.05) is 0 Å². The highest BCUT2D eigenvalue weighted by molar-refractivity contribution is 5.85. The lowest BCUT2D eigenvalue weighted by Gasteiger charge is -2.37. The number of likely N-dealkylation sites (tertiary alicyclic amines) is 1. The van der Waals surface area contributed by atoms with Gasteiger partial charge >= 0.3 is 5.97 Å². The summed E-state index contributed by atoms with van der Waals surface area (Å²) in [6, 6.07) is 0.0224. The molecule has 2 fully saturated rings. The molecule has 2 rings (SSSR count). The summed E-state index contributed by atoms with van der Waals surface area (Å²) in [5.41, 5.74) is 0. The van der Waals surface area contributed by atoms with Crippen molar-refractivity contribution >= 4 is 11.9 Å². The molecule has 4 atom stereocenters. The maximum atomic E-state index is 12.6. The van der Waals surface area contributed by atoms with Gasteiger partial charge in [0.05, 0.1) is 13.2 Å². The van der Waals surface area contributed by atoms with Crippen molar-refractivity contribution in [2.45, 2.75) is 71.4 Å². The van der Waals surface area contributed by atoms with Crippen LogP contribution in [0.15, 0.2) is 0 Å². The monoisotopic (exact) mass is 324 g/mol. The Hall–Kier alpha value is -1.10. The number of hydrogen-bond acceptors (Lipinski definition) is 4. The van der Waals surface area contributed by atoms with Gasteiger partial charge in [0.1, 0.15) is 6.04 Å². The van der Waals surface area contributed by atoms with Crippen LogP contribution >= 0.6 is 0 Å². The van der Waals surface area contributed by atoms with E-state index < -0.39 is 0 Å². The number of amides is 1. The van der Waals surface area contributed by atoms with E-state index >= 15 is 0 Å². The molecule has 0 aromatic carbocycles. The second-order valence-electron chi connectivity index (χ2n) is 7.11. The summed E-state index contributed by atoms with van der Waals surface area (Å²) in [5, 5.41) is 3.45. The number of carbonyl (C=O) groups excluding carboxylic acids is 2. The first-order valence-electron chi connectivity index (χ1n) is 9.24. The number of hydrogen-bond donors (Lipinski definition) is 1. The van der Waals surface area contributed by atoms with Gasteiger partial charge in [-0.25, -0.2) is 4.79 Å². The number of nitrogens with zero attached hydrogens (tertiary/aromatic N) is 1. The molecule has 0 aromatic rings. The molecule has 23 heavy (non-hydrogen) atoms. The lowest BCUT2D eigenvalue weighted by molar-refractivity contribution is -0.156. The Morgan fingerprint density at radius 3 is 2.65 bits per heavy atom. The van der Waals surface area contributed by atoms with Crippen molar-refractivity contribution in [3.8, 4) is 0 Å². The Balaban J connectivity index is 1.88. The zero-order valence-electron chi connectivity index (χ0n) is 14.8. The van der Waals surface area contributed by atoms with Crippen LogP contribution in [0.25, 0.3) is 0 Å². The Morgan fingerprint density at radius 1 is 1.13 bits per heavy atom. The SMILES string of the molecule is CCOC(=O)C1CCCCN1C(=O)CNC1CCCC(C)C1C. The lowest BCUT2D eigenvalue weighted by Crippen LogP contribution is -2.53. The molecule has 1 aliphatic carbocycles. The fourth-order valence-corrected chi connectivity index (χ4v) is 3.90. The fourth-order valence-electron chi connectivity index (χ4n) is 3.90. The van der Waals surface area contributed by atoms with Crippen molar-refractivity contribution in [1.29, 1.82) is 0 Å². The van der Waals surface area contributed by atoms with Gasteiger partial charge in [0.2, 0.25) is 5.91 Å². The summed E-state index contributed by atoms with van der Waals surface area (Å²) >= 11 is 0. The van der Waals surface area contributed by atoms with E-state index in [4.69, 9.17) is 4.74 Å². The van der Waals surface area contributed by atoms with Crippen LogP contribution < -0.4 is 5.32 Å². The molecule has 2 aliphatic rings. The molecule has 1 N–H and O–H groups in total. The van der Waals surface area contributed by atoms with E-state index in [-0.39, 0.29) is 17.9 Å². The standard InChI is InChI=1S/C18H32N2O3/c1-4-23-18(22)16-10-5-6-11-20(16)17(21)12-19-15-9-7-8-13(2)14(15)3/h13-16,19H,4-12H2,1-3H3. The number of carbonyl (C=O) groups is 2. The first-order valence-corrected chi connectivity index (χ1v) is 9.24. The predicted octanol–water partition coefficient (Wildman–Crippen LogP) is 2.34. The number of ether oxygens (including phenoxy) is 1. The number of nitrogens with one attached hydrogen (secondary N) is 1. The van der Waals surface area contributed by atoms with Crippen LogP contribution in [0.1, 0.15) is 59.3 Å². The van der Waals surface area contributed by atoms with Gasteiger partial charge in [-0.15, -0.1) is 0 Å². The summed E-state index contributed by atoms with van der Waals surface area (Å²) in [4.78, 5) is 26.4. The van der Waals surface area contributed by atoms with Gasteiger partial charge in [-0.2, -0.15) is 0 Å². The second kappa shape index (κ2) is 8.67. The first-order chi connectivity index (χ1) is 11.0. The van der Waals surface area contributed by atoms with Crippen molar-refractivity contribution in [2.75, 3.05) is 19.7 Å². The van der Waals surface area contributed by atoms with Crippen molar-refractivity contribution in [1.82, 2.24) is 10.2 Å². The van der Waals surface area contributed by atoms with Gasteiger partial charge in [0.25, 0.3) is 0 Å². The molecular weight excluding hydrogens is 292 g/mol. The van der Waals surface area contributed by atoms with Crippen LogP contribution in [-0.2, 0) is 14.3 Å². The molecule has 0 bridgehead atoms. The maximum Gasteiger partial charge on any atom is 0.328 e. The third kappa shape index (κ3) is 4.69. The van der Waals surface area contributed by atoms with Crippen molar-refractivity contribution in [2.24, 2.45) is 11.8 Å². The van der Waals surface area contributed by atoms with Crippen molar-refractivity contribution in [3.63, 3.8) is 0 Å². The highest BCUT2D eigenvalue weighted by Gasteiger charge is 2.34. The molecule has 1 saturated heterocycles. The average Bonchev–Trinajstić information content (AvgIpc) is 2.56. The van der Waals surface area contributed by atoms with Gasteiger partial charge in [0, 0.05) is 12.6 Å². The minimum Gasteiger partial charge on any atom is -0.464 e. The number of esters is 1. The molecule has 4 unspecified atom stereocenters. The fraction of sp³-hybridized carbons (Fsp3) is 0.889. The van der Waals surface area contributed by atoms with Crippen LogP contribution in [0.5, 0.6) is 0 Å². The van der Waals surface area contributed by atoms with E-state index in [2.05, 4.69) is 19.2 Å². The Kier molecular flexibility index (Phi) is 6.88. The predicted molar refractivity (Wildman–Crippen MR) is 90.0 cm³/mol. The molecule has 1 heterocycles. The first kappa shape index (κ1) is 18.2. The smallest absolute Gasteiger partial charge is 0.328 e. The molecule has 5 heteroatoms. The van der Waals surface area contributed by atoms with Gasteiger partial charge < -0.3 is 15.0 Å². The minimum absolute atomic E-state index is 0.0354. The lowest BCUT2D eigenvalue weighted by atomic mass is 9.78. The van der Waals surface area contributed by atoms with E-state index in [9.17, 15) is 9.59 Å². The van der Waals surface area contributed by atoms with Crippen LogP contribution in [0, 0.1) is 11.8 Å². The number of rotatable bonds is 5. The molecule has 1 amide bonds. The van der Waals surface area contributed by atoms with Crippen LogP contribution in [0.4, 0.5) is 0 Å². The Morgan fingerprint density at radius 2 is 1.91 bits per heavy atom. The molecular formula is C18H32N2O3. The van der Waals surface area contributed by atoms with Gasteiger partial charge in [-0.05, 0) is 44.4 Å². The summed E-state index contributed by atoms with van der Waals surface area (Å²) in [5.74, 6) is 1.09. The zero-order valence-corrected chi connectivity index (χ0v) is 14.8. The minimum atomic E-state index is -0.388. The van der Waals surface area contributed by atoms with Crippen molar-refractivity contribution in [3.05, 3.63) is 0 Å². The molecule has 1 aliphatic heterocycles. The van der Waals surface area contributed by atoms with E-state index in [1.54, 1.807) is 11.8 Å². The topological polar surface area (TPSA) is 58.6 Å². The molecule has 0 radical (unpaired) electrons. The maximum absolute atomic E-state index is 12.6. The average molecular weight is 324 g/mol. The third-order valence-electron chi connectivity index (χ3n) is 5.60. The summed E-state index contributed by atoms with van der Waals surface area (Å²) in [6.07, 6.45) is 6.33. The Bertz CT molecular complexity index is 413. The Labute approximate surface area is 140 Å². The van der Waals surface area contributed by atoms with E-state index in [1.165, 1.54) is 12.8 Å². The van der Waals surface area contributed by atoms with Gasteiger partial charge in [-0.1, -0.05) is 26.7 Å². The second-order valence-corrected chi connectivity index (χ2v) is 7.11. The molecule has 132 valence electrons. The van der Waals surface area contributed by atoms with Crippen molar-refractivity contribution < 1.29 is 14.3 Å². The zero-order chi connectivity index (χ0) is 16.8. The summed E-state index contributed by atoms with van der Waals surface area (Å²) in [7, 11) is 0. The molecule has 1 saturated carbocycles. The van der Waals surface area contributed by atoms with Gasteiger partial charge in [-0.3, -0.25) is 4.79 Å². The van der Waals surface area contributed by atoms with E-state index in [0.717, 1.165) is 25.7 Å². The third-order valence-corrected chi connectivity index (χ3v) is 5.60. The summed E-state index contributed by atoms with van der Waals surface area (Å²) in [6.45, 7) is 7.74. The molecule has 5 nitrogen and oxygen atoms in total.